The summed E-state index contributed by atoms with van der Waals surface area (Å²) < 4.78 is 4.24. The van der Waals surface area contributed by atoms with E-state index in [1.165, 1.54) is 0 Å². The monoisotopic (exact) mass is 410 g/mol. The molecule has 0 bridgehead atoms. The fourth-order valence-electron chi connectivity index (χ4n) is 4.00. The van der Waals surface area contributed by atoms with Crippen LogP contribution in [0.25, 0.3) is 16.5 Å². The molecular weight excluding hydrogens is 388 g/mol. The van der Waals surface area contributed by atoms with E-state index in [0.29, 0.717) is 11.3 Å². The number of rotatable bonds is 7. The van der Waals surface area contributed by atoms with Crippen molar-refractivity contribution < 1.29 is 4.79 Å². The number of carbonyl (C=O) groups excluding carboxylic acids is 1. The predicted molar refractivity (Wildman–Crippen MR) is 122 cm³/mol. The number of nitrogens with one attached hydrogen (secondary N) is 3. The third-order valence-electron chi connectivity index (χ3n) is 5.44. The van der Waals surface area contributed by atoms with Crippen LogP contribution in [0.4, 0.5) is 5.69 Å². The van der Waals surface area contributed by atoms with Crippen molar-refractivity contribution in [3.8, 4) is 0 Å². The lowest BCUT2D eigenvalue weighted by Crippen LogP contribution is -2.23. The minimum absolute atomic E-state index is 0.0841. The van der Waals surface area contributed by atoms with Gasteiger partial charge in [-0.15, -0.1) is 0 Å². The van der Waals surface area contributed by atoms with Gasteiger partial charge >= 0.3 is 0 Å². The number of hydrogen-bond donors (Lipinski definition) is 3. The van der Waals surface area contributed by atoms with Crippen molar-refractivity contribution in [2.75, 3.05) is 5.32 Å². The van der Waals surface area contributed by atoms with E-state index < -0.39 is 0 Å². The molecule has 31 heavy (non-hydrogen) atoms. The Morgan fingerprint density at radius 3 is 2.65 bits per heavy atom. The smallest absolute Gasteiger partial charge is 0.259 e. The molecule has 2 aromatic carbocycles. The van der Waals surface area contributed by atoms with Gasteiger partial charge in [0.2, 0.25) is 0 Å². The first-order chi connectivity index (χ1) is 15.2. The maximum absolute atomic E-state index is 12.8. The quantitative estimate of drug-likeness (QED) is 0.432. The largest absolute Gasteiger partial charge is 0.352 e. The van der Waals surface area contributed by atoms with E-state index in [2.05, 4.69) is 30.8 Å². The summed E-state index contributed by atoms with van der Waals surface area (Å²) in [5, 5.41) is 15.2. The van der Waals surface area contributed by atoms with Gasteiger partial charge in [-0.3, -0.25) is 10.2 Å². The van der Waals surface area contributed by atoms with Crippen LogP contribution in [0.3, 0.4) is 0 Å². The van der Waals surface area contributed by atoms with Gasteiger partial charge in [-0.1, -0.05) is 36.4 Å². The van der Waals surface area contributed by atoms with E-state index in [0.717, 1.165) is 41.7 Å². The molecule has 0 saturated heterocycles. The Morgan fingerprint density at radius 2 is 1.84 bits per heavy atom. The minimum Gasteiger partial charge on any atom is -0.352 e. The molecule has 0 radical (unpaired) electrons. The molecule has 0 saturated carbocycles. The highest BCUT2D eigenvalue weighted by Gasteiger charge is 2.31. The van der Waals surface area contributed by atoms with E-state index in [1.807, 2.05) is 67.3 Å². The fraction of sp³-hybridized carbons (Fsp3) is 0.125. The van der Waals surface area contributed by atoms with Crippen LogP contribution in [0.2, 0.25) is 0 Å². The standard InChI is InChI=1S/C24H22N6O/c25-23-22(27-17-7-2-1-3-8-17)21(24(31)28-23)19-15-30(20-10-5-4-9-18(19)20)13-6-12-29-14-11-26-16-29/h1-5,7-11,14-16H,6,12-13H2,(H3,25,27,28,31). The number of anilines is 1. The summed E-state index contributed by atoms with van der Waals surface area (Å²) in [6.45, 7) is 1.68. The Kier molecular flexibility index (Phi) is 4.84. The van der Waals surface area contributed by atoms with Crippen molar-refractivity contribution in [3.05, 3.63) is 90.8 Å². The summed E-state index contributed by atoms with van der Waals surface area (Å²) in [5.74, 6) is -0.175. The molecule has 5 rings (SSSR count). The molecule has 3 heterocycles. The van der Waals surface area contributed by atoms with Crippen molar-refractivity contribution in [2.45, 2.75) is 19.5 Å². The third-order valence-corrected chi connectivity index (χ3v) is 5.44. The zero-order valence-corrected chi connectivity index (χ0v) is 16.9. The highest BCUT2D eigenvalue weighted by molar-refractivity contribution is 6.38. The maximum atomic E-state index is 12.8. The molecule has 0 spiro atoms. The van der Waals surface area contributed by atoms with Gasteiger partial charge in [0.25, 0.3) is 5.91 Å². The molecule has 2 aromatic heterocycles. The second-order valence-corrected chi connectivity index (χ2v) is 7.48. The molecule has 4 aromatic rings. The average molecular weight is 410 g/mol. The summed E-state index contributed by atoms with van der Waals surface area (Å²) in [6.07, 6.45) is 8.52. The number of hydrogen-bond acceptors (Lipinski definition) is 4. The molecule has 1 aliphatic rings. The van der Waals surface area contributed by atoms with Crippen molar-refractivity contribution in [3.63, 3.8) is 0 Å². The van der Waals surface area contributed by atoms with Crippen LogP contribution in [0, 0.1) is 5.41 Å². The Balaban J connectivity index is 1.53. The van der Waals surface area contributed by atoms with E-state index in [1.54, 1.807) is 6.20 Å². The summed E-state index contributed by atoms with van der Waals surface area (Å²) in [6, 6.07) is 17.7. The number of nitrogens with zero attached hydrogens (tertiary/aromatic N) is 3. The number of benzene rings is 2. The Hall–Kier alpha value is -4.13. The topological polar surface area (TPSA) is 87.7 Å². The van der Waals surface area contributed by atoms with Crippen LogP contribution >= 0.6 is 0 Å². The molecule has 0 unspecified atom stereocenters. The zero-order chi connectivity index (χ0) is 21.2. The maximum Gasteiger partial charge on any atom is 0.259 e. The summed E-state index contributed by atoms with van der Waals surface area (Å²) in [5.41, 5.74) is 3.73. The molecule has 1 amide bonds. The summed E-state index contributed by atoms with van der Waals surface area (Å²) in [7, 11) is 0. The molecule has 7 heteroatoms. The van der Waals surface area contributed by atoms with Crippen molar-refractivity contribution in [1.82, 2.24) is 19.4 Å². The molecule has 3 N–H and O–H groups in total. The summed E-state index contributed by atoms with van der Waals surface area (Å²) in [4.78, 5) is 16.9. The molecule has 0 atom stereocenters. The lowest BCUT2D eigenvalue weighted by molar-refractivity contribution is -0.114. The van der Waals surface area contributed by atoms with E-state index in [9.17, 15) is 4.79 Å². The second-order valence-electron chi connectivity index (χ2n) is 7.48. The number of carbonyl (C=O) groups is 1. The van der Waals surface area contributed by atoms with Gasteiger partial charge in [0.05, 0.1) is 17.6 Å². The Bertz CT molecular complexity index is 1280. The van der Waals surface area contributed by atoms with Gasteiger partial charge in [0.1, 0.15) is 5.84 Å². The number of aryl methyl sites for hydroxylation is 2. The minimum atomic E-state index is -0.259. The van der Waals surface area contributed by atoms with E-state index in [4.69, 9.17) is 5.41 Å². The molecule has 0 fully saturated rings. The third kappa shape index (κ3) is 3.61. The molecule has 0 aliphatic carbocycles. The van der Waals surface area contributed by atoms with Gasteiger partial charge in [-0.2, -0.15) is 0 Å². The van der Waals surface area contributed by atoms with Gasteiger partial charge < -0.3 is 19.8 Å². The van der Waals surface area contributed by atoms with Crippen molar-refractivity contribution >= 4 is 33.9 Å². The van der Waals surface area contributed by atoms with Crippen molar-refractivity contribution in [1.29, 1.82) is 5.41 Å². The number of amides is 1. The number of imidazole rings is 1. The lowest BCUT2D eigenvalue weighted by Gasteiger charge is -2.08. The lowest BCUT2D eigenvalue weighted by atomic mass is 10.0. The SMILES string of the molecule is N=C1NC(=O)C(c2cn(CCCn3ccnc3)c3ccccc23)=C1Nc1ccccc1. The zero-order valence-electron chi connectivity index (χ0n) is 16.9. The first-order valence-corrected chi connectivity index (χ1v) is 10.2. The van der Waals surface area contributed by atoms with E-state index >= 15 is 0 Å². The van der Waals surface area contributed by atoms with Gasteiger partial charge in [-0.05, 0) is 24.6 Å². The number of aromatic nitrogens is 3. The van der Waals surface area contributed by atoms with Crippen LogP contribution in [-0.4, -0.2) is 25.9 Å². The normalized spacial score (nSPS) is 13.8. The average Bonchev–Trinajstić information content (AvgIpc) is 3.49. The molecular formula is C24H22N6O. The highest BCUT2D eigenvalue weighted by atomic mass is 16.2. The van der Waals surface area contributed by atoms with Crippen LogP contribution in [0.15, 0.2) is 85.2 Å². The van der Waals surface area contributed by atoms with Gasteiger partial charge in [0, 0.05) is 53.8 Å². The molecule has 154 valence electrons. The molecule has 1 aliphatic heterocycles. The van der Waals surface area contributed by atoms with Crippen LogP contribution in [-0.2, 0) is 17.9 Å². The number of para-hydroxylation sites is 2. The van der Waals surface area contributed by atoms with Crippen LogP contribution in [0.5, 0.6) is 0 Å². The van der Waals surface area contributed by atoms with Gasteiger partial charge in [-0.25, -0.2) is 4.98 Å². The second kappa shape index (κ2) is 7.95. The van der Waals surface area contributed by atoms with Gasteiger partial charge in [0.15, 0.2) is 0 Å². The first kappa shape index (κ1) is 18.9. The Labute approximate surface area is 179 Å². The number of fused-ring (bicyclic) bond motifs is 1. The van der Waals surface area contributed by atoms with Crippen LogP contribution < -0.4 is 10.6 Å². The number of amidine groups is 1. The first-order valence-electron chi connectivity index (χ1n) is 10.2. The highest BCUT2D eigenvalue weighted by Crippen LogP contribution is 2.32. The van der Waals surface area contributed by atoms with Crippen LogP contribution in [0.1, 0.15) is 12.0 Å². The molecule has 7 nitrogen and oxygen atoms in total. The fourth-order valence-corrected chi connectivity index (χ4v) is 4.00. The van der Waals surface area contributed by atoms with Crippen molar-refractivity contribution in [2.24, 2.45) is 0 Å². The summed E-state index contributed by atoms with van der Waals surface area (Å²) >= 11 is 0. The van der Waals surface area contributed by atoms with E-state index in [-0.39, 0.29) is 11.7 Å². The Morgan fingerprint density at radius 1 is 1.03 bits per heavy atom. The predicted octanol–water partition coefficient (Wildman–Crippen LogP) is 3.86.